The van der Waals surface area contributed by atoms with Crippen LogP contribution >= 0.6 is 0 Å². The Labute approximate surface area is 206 Å². The quantitative estimate of drug-likeness (QED) is 0.485. The fourth-order valence-corrected chi connectivity index (χ4v) is 4.79. The van der Waals surface area contributed by atoms with Gasteiger partial charge in [-0.1, -0.05) is 12.1 Å². The van der Waals surface area contributed by atoms with Gasteiger partial charge in [-0.25, -0.2) is 0 Å². The smallest absolute Gasteiger partial charge is 0.241 e. The molecule has 2 aliphatic rings. The van der Waals surface area contributed by atoms with Gasteiger partial charge < -0.3 is 25.0 Å². The van der Waals surface area contributed by atoms with Gasteiger partial charge in [-0.3, -0.25) is 9.89 Å². The summed E-state index contributed by atoms with van der Waals surface area (Å²) in [7, 11) is 3.82. The zero-order chi connectivity index (χ0) is 24.2. The fraction of sp³-hybridized carbons (Fsp3) is 0.407. The van der Waals surface area contributed by atoms with Gasteiger partial charge >= 0.3 is 0 Å². The number of hydrogen-bond donors (Lipinski definition) is 3. The average molecular weight is 476 g/mol. The van der Waals surface area contributed by atoms with Gasteiger partial charge in [0, 0.05) is 18.3 Å². The molecule has 5 rings (SSSR count). The fourth-order valence-electron chi connectivity index (χ4n) is 4.79. The van der Waals surface area contributed by atoms with Crippen LogP contribution in [-0.4, -0.2) is 60.9 Å². The van der Waals surface area contributed by atoms with Crippen molar-refractivity contribution in [3.05, 3.63) is 59.9 Å². The molecule has 3 aromatic rings. The number of piperidine rings is 1. The summed E-state index contributed by atoms with van der Waals surface area (Å²) in [4.78, 5) is 15.6. The number of carbonyl (C=O) groups excluding carboxylic acids is 1. The Morgan fingerprint density at radius 3 is 2.77 bits per heavy atom. The number of hydrogen-bond acceptors (Lipinski definition) is 6. The Bertz CT molecular complexity index is 1160. The first-order chi connectivity index (χ1) is 17.1. The third kappa shape index (κ3) is 5.49. The summed E-state index contributed by atoms with van der Waals surface area (Å²) >= 11 is 0. The highest BCUT2D eigenvalue weighted by Gasteiger charge is 2.26. The predicted octanol–water partition coefficient (Wildman–Crippen LogP) is 3.46. The monoisotopic (exact) mass is 475 g/mol. The number of nitrogens with zero attached hydrogens (tertiary/aromatic N) is 2. The van der Waals surface area contributed by atoms with Crippen molar-refractivity contribution in [1.82, 2.24) is 20.4 Å². The highest BCUT2D eigenvalue weighted by atomic mass is 16.5. The maximum atomic E-state index is 13.3. The lowest BCUT2D eigenvalue weighted by molar-refractivity contribution is -0.118. The van der Waals surface area contributed by atoms with Gasteiger partial charge in [0.25, 0.3) is 0 Å². The number of rotatable bonds is 7. The van der Waals surface area contributed by atoms with Crippen LogP contribution < -0.4 is 20.1 Å². The van der Waals surface area contributed by atoms with E-state index >= 15 is 0 Å². The molecule has 0 aliphatic carbocycles. The van der Waals surface area contributed by atoms with Gasteiger partial charge in [0.15, 0.2) is 0 Å². The first kappa shape index (κ1) is 23.4. The molecule has 1 fully saturated rings. The Hall–Kier alpha value is -3.36. The number of aromatic amines is 1. The second kappa shape index (κ2) is 10.5. The van der Waals surface area contributed by atoms with E-state index in [1.807, 2.05) is 36.5 Å². The largest absolute Gasteiger partial charge is 0.497 e. The highest BCUT2D eigenvalue weighted by molar-refractivity contribution is 5.97. The van der Waals surface area contributed by atoms with E-state index in [-0.39, 0.29) is 11.9 Å². The van der Waals surface area contributed by atoms with Gasteiger partial charge in [-0.15, -0.1) is 0 Å². The van der Waals surface area contributed by atoms with Crippen LogP contribution in [0.4, 0.5) is 5.69 Å². The van der Waals surface area contributed by atoms with Crippen molar-refractivity contribution in [3.8, 4) is 22.6 Å². The number of ether oxygens (including phenoxy) is 2. The first-order valence-corrected chi connectivity index (χ1v) is 12.2. The normalized spacial score (nSPS) is 18.6. The molecule has 1 aromatic heterocycles. The molecular formula is C27H33N5O3. The zero-order valence-corrected chi connectivity index (χ0v) is 20.3. The molecule has 0 saturated carbocycles. The third-order valence-corrected chi connectivity index (χ3v) is 7.08. The number of likely N-dealkylation sites (tertiary alicyclic amines) is 1. The standard InChI is InChI=1S/C27H33N5O3/c1-32-9-7-18(8-10-32)17-35-26-13-19(22-15-29-30-16-22)4-6-24(26)31-27(33)25-12-21-11-23(34-2)5-3-20(21)14-28-25/h3-6,11,13,15-16,18,25,28H,7-10,12,14,17H2,1-2H3,(H,29,30)(H,31,33). The molecule has 8 nitrogen and oxygen atoms in total. The van der Waals surface area contributed by atoms with Gasteiger partial charge in [0.05, 0.1) is 31.6 Å². The van der Waals surface area contributed by atoms with E-state index in [2.05, 4.69) is 38.8 Å². The van der Waals surface area contributed by atoms with E-state index in [9.17, 15) is 4.79 Å². The molecule has 8 heteroatoms. The average Bonchev–Trinajstić information content (AvgIpc) is 3.43. The summed E-state index contributed by atoms with van der Waals surface area (Å²) in [6.07, 6.45) is 6.48. The topological polar surface area (TPSA) is 91.5 Å². The second-order valence-electron chi connectivity index (χ2n) is 9.52. The molecule has 1 amide bonds. The summed E-state index contributed by atoms with van der Waals surface area (Å²) in [5.41, 5.74) is 4.99. The predicted molar refractivity (Wildman–Crippen MR) is 136 cm³/mol. The second-order valence-corrected chi connectivity index (χ2v) is 9.52. The molecule has 35 heavy (non-hydrogen) atoms. The number of methoxy groups -OCH3 is 1. The molecule has 1 unspecified atom stereocenters. The number of carbonyl (C=O) groups is 1. The van der Waals surface area contributed by atoms with Gasteiger partial charge in [0.2, 0.25) is 5.91 Å². The zero-order valence-electron chi connectivity index (χ0n) is 20.3. The van der Waals surface area contributed by atoms with Crippen LogP contribution in [0, 0.1) is 5.92 Å². The number of nitrogens with one attached hydrogen (secondary N) is 3. The minimum Gasteiger partial charge on any atom is -0.497 e. The lowest BCUT2D eigenvalue weighted by Gasteiger charge is -2.29. The number of fused-ring (bicyclic) bond motifs is 1. The van der Waals surface area contributed by atoms with Crippen molar-refractivity contribution in [2.24, 2.45) is 5.92 Å². The van der Waals surface area contributed by atoms with Crippen LogP contribution in [0.3, 0.4) is 0 Å². The Balaban J connectivity index is 1.31. The summed E-state index contributed by atoms with van der Waals surface area (Å²) in [5, 5.41) is 13.4. The maximum Gasteiger partial charge on any atom is 0.241 e. The lowest BCUT2D eigenvalue weighted by atomic mass is 9.95. The van der Waals surface area contributed by atoms with E-state index in [0.717, 1.165) is 48.4 Å². The SMILES string of the molecule is COc1ccc2c(c1)CC(C(=O)Nc1ccc(-c3cn[nH]c3)cc1OCC1CCN(C)CC1)NC2. The van der Waals surface area contributed by atoms with Gasteiger partial charge in [-0.2, -0.15) is 5.10 Å². The molecule has 0 bridgehead atoms. The van der Waals surface area contributed by atoms with Crippen LogP contribution in [0.2, 0.25) is 0 Å². The van der Waals surface area contributed by atoms with E-state index in [4.69, 9.17) is 9.47 Å². The lowest BCUT2D eigenvalue weighted by Crippen LogP contribution is -2.44. The number of aromatic nitrogens is 2. The van der Waals surface area contributed by atoms with Crippen molar-refractivity contribution >= 4 is 11.6 Å². The molecule has 1 saturated heterocycles. The van der Waals surface area contributed by atoms with E-state index < -0.39 is 0 Å². The molecule has 0 spiro atoms. The molecular weight excluding hydrogens is 442 g/mol. The van der Waals surface area contributed by atoms with E-state index in [1.54, 1.807) is 13.3 Å². The van der Waals surface area contributed by atoms with Crippen LogP contribution in [0.1, 0.15) is 24.0 Å². The molecule has 0 radical (unpaired) electrons. The number of amides is 1. The molecule has 3 heterocycles. The number of anilines is 1. The maximum absolute atomic E-state index is 13.3. The molecule has 2 aromatic carbocycles. The summed E-state index contributed by atoms with van der Waals surface area (Å²) in [6, 6.07) is 11.6. The van der Waals surface area contributed by atoms with E-state index in [1.165, 1.54) is 5.56 Å². The van der Waals surface area contributed by atoms with Crippen LogP contribution in [0.15, 0.2) is 48.8 Å². The molecule has 1 atom stereocenters. The van der Waals surface area contributed by atoms with Crippen molar-refractivity contribution in [2.45, 2.75) is 31.8 Å². The Morgan fingerprint density at radius 2 is 2.00 bits per heavy atom. The minimum absolute atomic E-state index is 0.0707. The van der Waals surface area contributed by atoms with Crippen molar-refractivity contribution in [3.63, 3.8) is 0 Å². The summed E-state index contributed by atoms with van der Waals surface area (Å²) in [5.74, 6) is 1.94. The van der Waals surface area contributed by atoms with Gasteiger partial charge in [0.1, 0.15) is 11.5 Å². The minimum atomic E-state index is -0.329. The van der Waals surface area contributed by atoms with Crippen LogP contribution in [0.25, 0.3) is 11.1 Å². The Kier molecular flexibility index (Phi) is 7.01. The van der Waals surface area contributed by atoms with Gasteiger partial charge in [-0.05, 0) is 86.3 Å². The third-order valence-electron chi connectivity index (χ3n) is 7.08. The molecule has 3 N–H and O–H groups in total. The molecule has 184 valence electrons. The first-order valence-electron chi connectivity index (χ1n) is 12.2. The van der Waals surface area contributed by atoms with Crippen molar-refractivity contribution in [2.75, 3.05) is 39.2 Å². The highest BCUT2D eigenvalue weighted by Crippen LogP contribution is 2.32. The number of benzene rings is 2. The van der Waals surface area contributed by atoms with Crippen molar-refractivity contribution in [1.29, 1.82) is 0 Å². The Morgan fingerprint density at radius 1 is 1.14 bits per heavy atom. The summed E-state index contributed by atoms with van der Waals surface area (Å²) in [6.45, 7) is 3.47. The van der Waals surface area contributed by atoms with E-state index in [0.29, 0.717) is 36.9 Å². The van der Waals surface area contributed by atoms with Crippen LogP contribution in [-0.2, 0) is 17.8 Å². The summed E-state index contributed by atoms with van der Waals surface area (Å²) < 4.78 is 11.7. The molecule has 2 aliphatic heterocycles. The number of H-pyrrole nitrogens is 1. The van der Waals surface area contributed by atoms with Crippen LogP contribution in [0.5, 0.6) is 11.5 Å². The van der Waals surface area contributed by atoms with Crippen molar-refractivity contribution < 1.29 is 14.3 Å².